The fourth-order valence-electron chi connectivity index (χ4n) is 1.57. The zero-order valence-electron chi connectivity index (χ0n) is 8.76. The highest BCUT2D eigenvalue weighted by atomic mass is 79.9. The molecule has 0 aromatic rings. The highest BCUT2D eigenvalue weighted by Crippen LogP contribution is 2.23. The number of aliphatic hydroxyl groups excluding tert-OH is 1. The summed E-state index contributed by atoms with van der Waals surface area (Å²) in [7, 11) is 0. The minimum atomic E-state index is -0.240. The predicted octanol–water partition coefficient (Wildman–Crippen LogP) is 3.70. The number of hydrogen-bond acceptors (Lipinski definition) is 1. The summed E-state index contributed by atoms with van der Waals surface area (Å²) >= 11 is 3.52. The Balaban J connectivity index is 2.82. The van der Waals surface area contributed by atoms with Crippen molar-refractivity contribution in [2.75, 3.05) is 0 Å². The van der Waals surface area contributed by atoms with Gasteiger partial charge in [0.1, 0.15) is 0 Å². The summed E-state index contributed by atoms with van der Waals surface area (Å²) in [6, 6.07) is 0. The first-order valence-corrected chi connectivity index (χ1v) is 5.79. The third-order valence-corrected chi connectivity index (χ3v) is 3.14. The van der Waals surface area contributed by atoms with Crippen molar-refractivity contribution >= 4 is 15.9 Å². The normalized spacial score (nSPS) is 31.3. The van der Waals surface area contributed by atoms with Gasteiger partial charge >= 0.3 is 0 Å². The number of halogens is 1. The van der Waals surface area contributed by atoms with Crippen LogP contribution in [0.3, 0.4) is 0 Å². The van der Waals surface area contributed by atoms with Gasteiger partial charge in [-0.2, -0.15) is 0 Å². The summed E-state index contributed by atoms with van der Waals surface area (Å²) in [6.45, 7) is 3.92. The first-order valence-electron chi connectivity index (χ1n) is 5.00. The zero-order valence-corrected chi connectivity index (χ0v) is 10.3. The van der Waals surface area contributed by atoms with Crippen molar-refractivity contribution in [1.82, 2.24) is 0 Å². The minimum absolute atomic E-state index is 0.240. The van der Waals surface area contributed by atoms with Crippen LogP contribution in [0.4, 0.5) is 0 Å². The van der Waals surface area contributed by atoms with E-state index in [2.05, 4.69) is 41.1 Å². The second kappa shape index (κ2) is 5.52. The van der Waals surface area contributed by atoms with Gasteiger partial charge in [-0.05, 0) is 38.7 Å². The number of hydrogen-bond donors (Lipinski definition) is 1. The molecule has 0 heterocycles. The summed E-state index contributed by atoms with van der Waals surface area (Å²) in [5.41, 5.74) is 2.57. The Labute approximate surface area is 94.3 Å². The molecule has 1 atom stereocenters. The van der Waals surface area contributed by atoms with Crippen molar-refractivity contribution in [2.24, 2.45) is 0 Å². The fraction of sp³-hybridized carbons (Fsp3) is 0.500. The van der Waals surface area contributed by atoms with Crippen LogP contribution in [0.1, 0.15) is 33.1 Å². The molecule has 0 radical (unpaired) electrons. The first kappa shape index (κ1) is 11.7. The van der Waals surface area contributed by atoms with Crippen molar-refractivity contribution < 1.29 is 5.11 Å². The Kier molecular flexibility index (Phi) is 4.63. The third-order valence-electron chi connectivity index (χ3n) is 2.25. The van der Waals surface area contributed by atoms with E-state index in [9.17, 15) is 5.11 Å². The molecule has 1 nitrogen and oxygen atoms in total. The van der Waals surface area contributed by atoms with Gasteiger partial charge in [-0.1, -0.05) is 39.7 Å². The lowest BCUT2D eigenvalue weighted by atomic mass is 9.99. The lowest BCUT2D eigenvalue weighted by molar-refractivity contribution is 0.194. The van der Waals surface area contributed by atoms with Gasteiger partial charge < -0.3 is 5.11 Å². The van der Waals surface area contributed by atoms with Crippen LogP contribution in [0, 0.1) is 0 Å². The smallest absolute Gasteiger partial charge is 0.0549 e. The molecule has 1 rings (SSSR count). The van der Waals surface area contributed by atoms with Gasteiger partial charge in [0.05, 0.1) is 6.10 Å². The van der Waals surface area contributed by atoms with E-state index in [4.69, 9.17) is 0 Å². The van der Waals surface area contributed by atoms with Crippen LogP contribution in [0.15, 0.2) is 33.9 Å². The molecule has 0 spiro atoms. The average Bonchev–Trinajstić information content (AvgIpc) is 2.08. The topological polar surface area (TPSA) is 20.2 Å². The Morgan fingerprint density at radius 3 is 2.93 bits per heavy atom. The van der Waals surface area contributed by atoms with E-state index >= 15 is 0 Å². The molecule has 0 saturated heterocycles. The van der Waals surface area contributed by atoms with E-state index in [1.807, 2.05) is 6.92 Å². The van der Waals surface area contributed by atoms with Gasteiger partial charge in [-0.25, -0.2) is 0 Å². The van der Waals surface area contributed by atoms with E-state index < -0.39 is 0 Å². The van der Waals surface area contributed by atoms with Gasteiger partial charge in [0.15, 0.2) is 0 Å². The van der Waals surface area contributed by atoms with Crippen LogP contribution >= 0.6 is 15.9 Å². The highest BCUT2D eigenvalue weighted by Gasteiger charge is 2.05. The van der Waals surface area contributed by atoms with Gasteiger partial charge in [0, 0.05) is 4.48 Å². The molecule has 0 bridgehead atoms. The standard InChI is InChI=1S/C12H17BrO/c1-9-7-11(8-10(2)14)5-3-4-6-12(9)13/h4,6-7,10,14H,3,5,8H2,1-2H3/b6-4-,11-7+,12-9+. The quantitative estimate of drug-likeness (QED) is 0.799. The summed E-state index contributed by atoms with van der Waals surface area (Å²) in [5.74, 6) is 0. The molecule has 0 aliphatic heterocycles. The summed E-state index contributed by atoms with van der Waals surface area (Å²) < 4.78 is 1.14. The zero-order chi connectivity index (χ0) is 10.6. The van der Waals surface area contributed by atoms with Gasteiger partial charge in [0.2, 0.25) is 0 Å². The Morgan fingerprint density at radius 2 is 2.29 bits per heavy atom. The van der Waals surface area contributed by atoms with Crippen LogP contribution in [-0.4, -0.2) is 11.2 Å². The van der Waals surface area contributed by atoms with Crippen molar-refractivity contribution in [3.8, 4) is 0 Å². The second-order valence-corrected chi connectivity index (χ2v) is 4.68. The van der Waals surface area contributed by atoms with Crippen molar-refractivity contribution in [3.63, 3.8) is 0 Å². The van der Waals surface area contributed by atoms with Gasteiger partial charge in [-0.15, -0.1) is 0 Å². The minimum Gasteiger partial charge on any atom is -0.393 e. The van der Waals surface area contributed by atoms with E-state index in [0.717, 1.165) is 23.7 Å². The summed E-state index contributed by atoms with van der Waals surface area (Å²) in [5, 5.41) is 9.33. The molecule has 1 aliphatic carbocycles. The summed E-state index contributed by atoms with van der Waals surface area (Å²) in [6.07, 6.45) is 9.11. The maximum absolute atomic E-state index is 9.33. The average molecular weight is 257 g/mol. The predicted molar refractivity (Wildman–Crippen MR) is 64.4 cm³/mol. The molecule has 0 aromatic heterocycles. The van der Waals surface area contributed by atoms with Gasteiger partial charge in [-0.3, -0.25) is 0 Å². The molecule has 0 saturated carbocycles. The maximum atomic E-state index is 9.33. The van der Waals surface area contributed by atoms with Crippen molar-refractivity contribution in [1.29, 1.82) is 0 Å². The van der Waals surface area contributed by atoms with Crippen LogP contribution < -0.4 is 0 Å². The van der Waals surface area contributed by atoms with Crippen LogP contribution in [0.2, 0.25) is 0 Å². The van der Waals surface area contributed by atoms with E-state index in [0.29, 0.717) is 0 Å². The highest BCUT2D eigenvalue weighted by molar-refractivity contribution is 9.11. The lowest BCUT2D eigenvalue weighted by Gasteiger charge is -2.11. The van der Waals surface area contributed by atoms with Crippen LogP contribution in [-0.2, 0) is 0 Å². The van der Waals surface area contributed by atoms with Gasteiger partial charge in [0.25, 0.3) is 0 Å². The monoisotopic (exact) mass is 256 g/mol. The van der Waals surface area contributed by atoms with E-state index in [-0.39, 0.29) is 6.10 Å². The molecule has 78 valence electrons. The Hall–Kier alpha value is -0.340. The molecule has 0 amide bonds. The second-order valence-electron chi connectivity index (χ2n) is 3.83. The Morgan fingerprint density at radius 1 is 1.57 bits per heavy atom. The Bertz CT molecular complexity index is 285. The lowest BCUT2D eigenvalue weighted by Crippen LogP contribution is -2.02. The molecular formula is C12H17BrO. The van der Waals surface area contributed by atoms with E-state index in [1.54, 1.807) is 0 Å². The largest absolute Gasteiger partial charge is 0.393 e. The molecule has 14 heavy (non-hydrogen) atoms. The first-order chi connectivity index (χ1) is 6.59. The molecule has 2 heteroatoms. The molecule has 1 N–H and O–H groups in total. The van der Waals surface area contributed by atoms with Crippen LogP contribution in [0.5, 0.6) is 0 Å². The van der Waals surface area contributed by atoms with E-state index in [1.165, 1.54) is 11.1 Å². The maximum Gasteiger partial charge on any atom is 0.0549 e. The molecule has 0 aromatic carbocycles. The molecular weight excluding hydrogens is 240 g/mol. The molecule has 1 aliphatic rings. The SMILES string of the molecule is CC1=C(Br)/C=C\CC/C(CC(C)O)=C\1. The summed E-state index contributed by atoms with van der Waals surface area (Å²) in [4.78, 5) is 0. The molecule has 1 unspecified atom stereocenters. The van der Waals surface area contributed by atoms with Crippen molar-refractivity contribution in [2.45, 2.75) is 39.2 Å². The van der Waals surface area contributed by atoms with Crippen LogP contribution in [0.25, 0.3) is 0 Å². The number of rotatable bonds is 2. The van der Waals surface area contributed by atoms with Crippen molar-refractivity contribution in [3.05, 3.63) is 33.9 Å². The fourth-order valence-corrected chi connectivity index (χ4v) is 1.88. The number of allylic oxidation sites excluding steroid dienone is 5. The third kappa shape index (κ3) is 3.81. The number of aliphatic hydroxyl groups is 1. The molecule has 0 fully saturated rings.